The molecule has 0 saturated carbocycles. The summed E-state index contributed by atoms with van der Waals surface area (Å²) < 4.78 is 17.6. The maximum Gasteiger partial charge on any atom is 0.306 e. The fourth-order valence-electron chi connectivity index (χ4n) is 9.40. The monoisotopic (exact) mass is 1070 g/mol. The van der Waals surface area contributed by atoms with Crippen LogP contribution in [-0.4, -0.2) is 99.6 Å². The summed E-state index contributed by atoms with van der Waals surface area (Å²) in [6.07, 6.45) is 56.6. The molecule has 0 aromatic rings. The molecule has 1 aliphatic heterocycles. The zero-order valence-corrected chi connectivity index (χ0v) is 48.6. The average Bonchev–Trinajstić information content (AvgIpc) is 3.42. The Labute approximate surface area is 464 Å². The largest absolute Gasteiger partial charge is 0.454 e. The van der Waals surface area contributed by atoms with Gasteiger partial charge in [-0.25, -0.2) is 0 Å². The number of carbonyl (C=O) groups is 2. The predicted molar refractivity (Wildman–Crippen MR) is 315 cm³/mol. The molecule has 0 bridgehead atoms. The molecule has 440 valence electrons. The summed E-state index contributed by atoms with van der Waals surface area (Å²) in [4.78, 5) is 26.5. The zero-order chi connectivity index (χ0) is 55.4. The van der Waals surface area contributed by atoms with Gasteiger partial charge in [0.1, 0.15) is 24.4 Å². The van der Waals surface area contributed by atoms with Crippen LogP contribution in [0.4, 0.5) is 0 Å². The van der Waals surface area contributed by atoms with Crippen molar-refractivity contribution in [1.82, 2.24) is 5.32 Å². The lowest BCUT2D eigenvalue weighted by molar-refractivity contribution is -0.305. The summed E-state index contributed by atoms with van der Waals surface area (Å²) in [6.45, 7) is 5.64. The van der Waals surface area contributed by atoms with Crippen molar-refractivity contribution < 1.29 is 49.3 Å². The SMILES string of the molecule is CC/C=C/C/C=C/CCCCCCCCCC(=O)OC1C(OCC(NC(=O)C(O)CCCCCCCCCCC/C=C\C/C=C\C/C=C\CCCCC)C(O)/C=C/CCCCCCCCCCC)OC(CO)C(O)C1O. The molecule has 1 rings (SSSR count). The van der Waals surface area contributed by atoms with Crippen LogP contribution in [0.15, 0.2) is 72.9 Å². The minimum absolute atomic E-state index is 0.112. The number of aliphatic hydroxyl groups is 5. The summed E-state index contributed by atoms with van der Waals surface area (Å²) in [7, 11) is 0. The van der Waals surface area contributed by atoms with Gasteiger partial charge in [0.15, 0.2) is 12.4 Å². The number of hydrogen-bond acceptors (Lipinski definition) is 10. The third kappa shape index (κ3) is 40.3. The van der Waals surface area contributed by atoms with Crippen molar-refractivity contribution >= 4 is 11.9 Å². The van der Waals surface area contributed by atoms with Crippen LogP contribution in [0, 0.1) is 0 Å². The van der Waals surface area contributed by atoms with Crippen molar-refractivity contribution in [2.45, 2.75) is 314 Å². The molecule has 11 heteroatoms. The number of nitrogens with one attached hydrogen (secondary N) is 1. The molecule has 76 heavy (non-hydrogen) atoms. The van der Waals surface area contributed by atoms with Crippen molar-refractivity contribution in [1.29, 1.82) is 0 Å². The number of hydrogen-bond donors (Lipinski definition) is 6. The van der Waals surface area contributed by atoms with E-state index in [1.54, 1.807) is 6.08 Å². The molecule has 1 saturated heterocycles. The van der Waals surface area contributed by atoms with E-state index in [0.717, 1.165) is 103 Å². The minimum Gasteiger partial charge on any atom is -0.454 e. The minimum atomic E-state index is -1.62. The van der Waals surface area contributed by atoms with Crippen LogP contribution in [0.3, 0.4) is 0 Å². The van der Waals surface area contributed by atoms with Gasteiger partial charge in [0.25, 0.3) is 0 Å². The average molecular weight is 1070 g/mol. The molecular weight excluding hydrogens is 955 g/mol. The van der Waals surface area contributed by atoms with Gasteiger partial charge in [0, 0.05) is 6.42 Å². The molecule has 0 spiro atoms. The van der Waals surface area contributed by atoms with Gasteiger partial charge in [0.05, 0.1) is 25.4 Å². The van der Waals surface area contributed by atoms with Crippen molar-refractivity contribution in [3.63, 3.8) is 0 Å². The van der Waals surface area contributed by atoms with Gasteiger partial charge in [0.2, 0.25) is 5.91 Å². The number of rotatable bonds is 52. The third-order valence-electron chi connectivity index (χ3n) is 14.3. The quantitative estimate of drug-likeness (QED) is 0.0195. The Kier molecular flexibility index (Phi) is 49.4. The number of unbranched alkanes of at least 4 members (excludes halogenated alkanes) is 28. The van der Waals surface area contributed by atoms with Gasteiger partial charge in [-0.05, 0) is 89.9 Å². The Morgan fingerprint density at radius 2 is 0.947 bits per heavy atom. The number of allylic oxidation sites excluding steroid dienone is 11. The first-order valence-corrected chi connectivity index (χ1v) is 31.2. The highest BCUT2D eigenvalue weighted by molar-refractivity contribution is 5.80. The molecule has 6 N–H and O–H groups in total. The van der Waals surface area contributed by atoms with Gasteiger partial charge in [-0.1, -0.05) is 241 Å². The molecule has 0 aromatic carbocycles. The maximum atomic E-state index is 13.4. The Morgan fingerprint density at radius 3 is 1.45 bits per heavy atom. The summed E-state index contributed by atoms with van der Waals surface area (Å²) in [5, 5.41) is 56.9. The van der Waals surface area contributed by atoms with Gasteiger partial charge in [-0.15, -0.1) is 0 Å². The Morgan fingerprint density at radius 1 is 0.526 bits per heavy atom. The predicted octanol–water partition coefficient (Wildman–Crippen LogP) is 14.8. The van der Waals surface area contributed by atoms with Gasteiger partial charge in [-0.2, -0.15) is 0 Å². The second-order valence-corrected chi connectivity index (χ2v) is 21.4. The molecule has 1 aliphatic rings. The molecule has 8 atom stereocenters. The van der Waals surface area contributed by atoms with E-state index in [1.165, 1.54) is 116 Å². The Hall–Kier alpha value is -2.90. The first-order chi connectivity index (χ1) is 37.2. The fourth-order valence-corrected chi connectivity index (χ4v) is 9.40. The van der Waals surface area contributed by atoms with Crippen LogP contribution < -0.4 is 5.32 Å². The maximum absolute atomic E-state index is 13.4. The lowest BCUT2D eigenvalue weighted by Gasteiger charge is -2.41. The van der Waals surface area contributed by atoms with E-state index in [1.807, 2.05) is 6.08 Å². The third-order valence-corrected chi connectivity index (χ3v) is 14.3. The number of esters is 1. The number of carbonyl (C=O) groups excluding carboxylic acids is 2. The Balaban J connectivity index is 2.64. The van der Waals surface area contributed by atoms with Crippen molar-refractivity contribution in [3.8, 4) is 0 Å². The molecule has 0 aliphatic carbocycles. The fraction of sp³-hybridized carbons (Fsp3) is 0.785. The lowest BCUT2D eigenvalue weighted by atomic mass is 9.99. The van der Waals surface area contributed by atoms with E-state index in [4.69, 9.17) is 14.2 Å². The highest BCUT2D eigenvalue weighted by Gasteiger charge is 2.47. The van der Waals surface area contributed by atoms with E-state index >= 15 is 0 Å². The van der Waals surface area contributed by atoms with Crippen LogP contribution in [0.5, 0.6) is 0 Å². The van der Waals surface area contributed by atoms with Crippen molar-refractivity contribution in [2.24, 2.45) is 0 Å². The molecular formula is C65H115NO10. The van der Waals surface area contributed by atoms with Crippen LogP contribution in [0.1, 0.15) is 265 Å². The van der Waals surface area contributed by atoms with E-state index in [-0.39, 0.29) is 19.4 Å². The molecule has 1 amide bonds. The second-order valence-electron chi connectivity index (χ2n) is 21.4. The standard InChI is InChI=1S/C65H115NO10/c1-4-7-10-13-16-19-22-24-26-27-28-29-30-31-32-33-34-37-40-43-46-49-52-58(69)64(73)66-56(57(68)51-48-45-42-39-36-21-18-15-12-9-6-3)55-74-65-63(62(72)61(71)59(54-67)75-65)76-60(70)53-50-47-44-41-38-35-25-23-20-17-14-11-8-5-2/h8,11,16-17,19-20,24,26,28-29,48,51,56-59,61-63,65,67-69,71-72H,4-7,9-10,12-15,18,21-23,25,27,30-47,49-50,52-55H2,1-3H3,(H,66,73)/b11-8+,19-16-,20-17+,26-24-,29-28-,51-48+. The van der Waals surface area contributed by atoms with Crippen molar-refractivity contribution in [2.75, 3.05) is 13.2 Å². The summed E-state index contributed by atoms with van der Waals surface area (Å²) in [5.74, 6) is -1.21. The molecule has 1 fully saturated rings. The van der Waals surface area contributed by atoms with Crippen LogP contribution in [0.25, 0.3) is 0 Å². The zero-order valence-electron chi connectivity index (χ0n) is 48.6. The van der Waals surface area contributed by atoms with E-state index < -0.39 is 67.4 Å². The highest BCUT2D eigenvalue weighted by atomic mass is 16.7. The Bertz CT molecular complexity index is 1510. The molecule has 0 aromatic heterocycles. The first kappa shape index (κ1) is 71.1. The van der Waals surface area contributed by atoms with Gasteiger partial charge in [-0.3, -0.25) is 9.59 Å². The summed E-state index contributed by atoms with van der Waals surface area (Å²) in [6, 6.07) is -1.03. The number of amides is 1. The molecule has 11 nitrogen and oxygen atoms in total. The van der Waals surface area contributed by atoms with E-state index in [9.17, 15) is 35.1 Å². The normalized spacial score (nSPS) is 19.6. The first-order valence-electron chi connectivity index (χ1n) is 31.2. The summed E-state index contributed by atoms with van der Waals surface area (Å²) >= 11 is 0. The van der Waals surface area contributed by atoms with E-state index in [0.29, 0.717) is 12.8 Å². The lowest BCUT2D eigenvalue weighted by Crippen LogP contribution is -2.61. The molecule has 0 radical (unpaired) electrons. The second kappa shape index (κ2) is 52.8. The van der Waals surface area contributed by atoms with Crippen LogP contribution in [0.2, 0.25) is 0 Å². The van der Waals surface area contributed by atoms with Crippen LogP contribution in [-0.2, 0) is 23.8 Å². The number of aliphatic hydroxyl groups excluding tert-OH is 5. The number of ether oxygens (including phenoxy) is 3. The van der Waals surface area contributed by atoms with E-state index in [2.05, 4.69) is 86.8 Å². The molecule has 1 heterocycles. The smallest absolute Gasteiger partial charge is 0.306 e. The molecule has 8 unspecified atom stereocenters. The topological polar surface area (TPSA) is 175 Å². The summed E-state index contributed by atoms with van der Waals surface area (Å²) in [5.41, 5.74) is 0. The van der Waals surface area contributed by atoms with Crippen LogP contribution >= 0.6 is 0 Å². The van der Waals surface area contributed by atoms with Gasteiger partial charge < -0.3 is 45.1 Å². The highest BCUT2D eigenvalue weighted by Crippen LogP contribution is 2.26. The van der Waals surface area contributed by atoms with Crippen molar-refractivity contribution in [3.05, 3.63) is 72.9 Å². The van der Waals surface area contributed by atoms with Gasteiger partial charge >= 0.3 is 5.97 Å².